The molecule has 10 heteroatoms. The van der Waals surface area contributed by atoms with E-state index in [1.165, 1.54) is 5.57 Å². The summed E-state index contributed by atoms with van der Waals surface area (Å²) >= 11 is 0. The highest BCUT2D eigenvalue weighted by molar-refractivity contribution is 5.77. The lowest BCUT2D eigenvalue weighted by Gasteiger charge is -2.71. The standard InChI is InChI=1S/C36H54O10/c1-31(2)13-15-36(30(43)44)16-14-34(5)19(20(36)17-31)7-8-22-32(3)11-10-23(33(4,18-37)21(32)9-12-35(22,34)6)45-29(42)27-25(39)24(38)26(40)28(41)46-27/h7,18,20-28,38-41H,8-17H2,1-6H3,(H,43,44)/t20-,21+,22+,23-,24-,25-,26+,27-,28+,32-,33-,34+,35+,36-/m0/s1. The number of ether oxygens (including phenoxy) is 2. The van der Waals surface area contributed by atoms with Crippen LogP contribution in [0.1, 0.15) is 106 Å². The zero-order chi connectivity index (χ0) is 33.8. The summed E-state index contributed by atoms with van der Waals surface area (Å²) in [6, 6.07) is 0. The Balaban J connectivity index is 1.30. The molecule has 0 spiro atoms. The second-order valence-corrected chi connectivity index (χ2v) is 17.5. The van der Waals surface area contributed by atoms with Crippen LogP contribution in [0.2, 0.25) is 0 Å². The van der Waals surface area contributed by atoms with Gasteiger partial charge in [0.2, 0.25) is 0 Å². The maximum atomic E-state index is 13.3. The number of rotatable bonds is 4. The number of carbonyl (C=O) groups excluding carboxylic acids is 2. The molecule has 1 heterocycles. The van der Waals surface area contributed by atoms with E-state index in [4.69, 9.17) is 9.47 Å². The van der Waals surface area contributed by atoms with Gasteiger partial charge in [-0.15, -0.1) is 0 Å². The fourth-order valence-electron chi connectivity index (χ4n) is 11.9. The Morgan fingerprint density at radius 2 is 1.54 bits per heavy atom. The van der Waals surface area contributed by atoms with Crippen molar-refractivity contribution in [2.24, 2.45) is 50.2 Å². The fraction of sp³-hybridized carbons (Fsp3) is 0.861. The van der Waals surface area contributed by atoms with Gasteiger partial charge in [-0.3, -0.25) is 4.79 Å². The zero-order valence-electron chi connectivity index (χ0n) is 28.2. The third-order valence-electron chi connectivity index (χ3n) is 15.1. The van der Waals surface area contributed by atoms with E-state index in [1.54, 1.807) is 0 Å². The minimum Gasteiger partial charge on any atom is -0.481 e. The lowest BCUT2D eigenvalue weighted by molar-refractivity contribution is -0.284. The molecule has 258 valence electrons. The van der Waals surface area contributed by atoms with Crippen molar-refractivity contribution < 1.29 is 49.4 Å². The van der Waals surface area contributed by atoms with Crippen LogP contribution in [0.15, 0.2) is 11.6 Å². The molecule has 6 rings (SSSR count). The molecule has 0 aromatic carbocycles. The van der Waals surface area contributed by atoms with E-state index < -0.39 is 59.6 Å². The molecular weight excluding hydrogens is 592 g/mol. The molecule has 5 aliphatic carbocycles. The Kier molecular flexibility index (Phi) is 8.01. The summed E-state index contributed by atoms with van der Waals surface area (Å²) in [4.78, 5) is 39.2. The molecule has 4 saturated carbocycles. The summed E-state index contributed by atoms with van der Waals surface area (Å²) in [7, 11) is 0. The Labute approximate surface area is 271 Å². The first-order chi connectivity index (χ1) is 21.3. The lowest BCUT2D eigenvalue weighted by atomic mass is 9.33. The number of aliphatic carboxylic acids is 1. The van der Waals surface area contributed by atoms with Crippen LogP contribution in [0.3, 0.4) is 0 Å². The summed E-state index contributed by atoms with van der Waals surface area (Å²) in [5.74, 6) is -1.47. The van der Waals surface area contributed by atoms with E-state index in [0.29, 0.717) is 25.7 Å². The van der Waals surface area contributed by atoms with Crippen molar-refractivity contribution in [1.82, 2.24) is 0 Å². The maximum absolute atomic E-state index is 13.3. The van der Waals surface area contributed by atoms with Gasteiger partial charge in [-0.2, -0.15) is 0 Å². The summed E-state index contributed by atoms with van der Waals surface area (Å²) in [5, 5.41) is 50.9. The topological polar surface area (TPSA) is 171 Å². The minimum absolute atomic E-state index is 0.0155. The van der Waals surface area contributed by atoms with Crippen molar-refractivity contribution in [3.63, 3.8) is 0 Å². The Morgan fingerprint density at radius 1 is 0.870 bits per heavy atom. The molecule has 0 aromatic heterocycles. The first-order valence-electron chi connectivity index (χ1n) is 17.3. The minimum atomic E-state index is -1.87. The number of carbonyl (C=O) groups is 3. The number of carboxylic acids is 1. The molecule has 5 fully saturated rings. The molecule has 1 aliphatic heterocycles. The highest BCUT2D eigenvalue weighted by atomic mass is 16.7. The maximum Gasteiger partial charge on any atom is 0.338 e. The largest absolute Gasteiger partial charge is 0.481 e. The Bertz CT molecular complexity index is 1310. The van der Waals surface area contributed by atoms with Crippen LogP contribution in [0.25, 0.3) is 0 Å². The van der Waals surface area contributed by atoms with Crippen molar-refractivity contribution in [1.29, 1.82) is 0 Å². The first-order valence-corrected chi connectivity index (χ1v) is 17.3. The first kappa shape index (κ1) is 34.0. The predicted octanol–water partition coefficient (Wildman–Crippen LogP) is 3.76. The van der Waals surface area contributed by atoms with Crippen LogP contribution in [0, 0.1) is 50.2 Å². The Hall–Kier alpha value is -1.85. The number of aldehydes is 1. The number of hydrogen-bond acceptors (Lipinski definition) is 9. The van der Waals surface area contributed by atoms with Gasteiger partial charge in [0.05, 0.1) is 10.8 Å². The lowest BCUT2D eigenvalue weighted by Crippen LogP contribution is -2.66. The summed E-state index contributed by atoms with van der Waals surface area (Å²) in [5.41, 5.74) is -0.817. The summed E-state index contributed by atoms with van der Waals surface area (Å²) in [6.45, 7) is 13.5. The van der Waals surface area contributed by atoms with Gasteiger partial charge in [0, 0.05) is 0 Å². The van der Waals surface area contributed by atoms with E-state index in [2.05, 4.69) is 40.7 Å². The average molecular weight is 647 g/mol. The number of aliphatic hydroxyl groups excluding tert-OH is 4. The van der Waals surface area contributed by atoms with Crippen LogP contribution in [0.4, 0.5) is 0 Å². The number of hydrogen-bond donors (Lipinski definition) is 5. The smallest absolute Gasteiger partial charge is 0.338 e. The molecule has 5 N–H and O–H groups in total. The monoisotopic (exact) mass is 646 g/mol. The van der Waals surface area contributed by atoms with Gasteiger partial charge in [0.1, 0.15) is 30.7 Å². The van der Waals surface area contributed by atoms with Crippen LogP contribution in [0.5, 0.6) is 0 Å². The van der Waals surface area contributed by atoms with Gasteiger partial charge in [-0.05, 0) is 111 Å². The normalized spacial score (nSPS) is 52.9. The highest BCUT2D eigenvalue weighted by Gasteiger charge is 2.70. The van der Waals surface area contributed by atoms with Crippen molar-refractivity contribution in [2.75, 3.05) is 0 Å². The summed E-state index contributed by atoms with van der Waals surface area (Å²) < 4.78 is 11.0. The predicted molar refractivity (Wildman–Crippen MR) is 166 cm³/mol. The molecule has 10 nitrogen and oxygen atoms in total. The van der Waals surface area contributed by atoms with Crippen molar-refractivity contribution in [2.45, 2.75) is 143 Å². The molecule has 0 amide bonds. The quantitative estimate of drug-likeness (QED) is 0.172. The molecule has 46 heavy (non-hydrogen) atoms. The number of fused-ring (bicyclic) bond motifs is 7. The highest BCUT2D eigenvalue weighted by Crippen LogP contribution is 2.75. The summed E-state index contributed by atoms with van der Waals surface area (Å²) in [6.07, 6.45) is 1.17. The number of esters is 1. The van der Waals surface area contributed by atoms with Crippen molar-refractivity contribution in [3.05, 3.63) is 11.6 Å². The number of allylic oxidation sites excluding steroid dienone is 2. The van der Waals surface area contributed by atoms with Crippen LogP contribution in [-0.2, 0) is 23.9 Å². The van der Waals surface area contributed by atoms with E-state index in [0.717, 1.165) is 44.8 Å². The van der Waals surface area contributed by atoms with Gasteiger partial charge in [-0.1, -0.05) is 46.3 Å². The van der Waals surface area contributed by atoms with Gasteiger partial charge in [0.15, 0.2) is 12.4 Å². The van der Waals surface area contributed by atoms with Gasteiger partial charge < -0.3 is 39.8 Å². The van der Waals surface area contributed by atoms with E-state index in [1.807, 2.05) is 6.92 Å². The van der Waals surface area contributed by atoms with E-state index in [-0.39, 0.29) is 39.4 Å². The van der Waals surface area contributed by atoms with Gasteiger partial charge >= 0.3 is 11.9 Å². The van der Waals surface area contributed by atoms with Gasteiger partial charge in [0.25, 0.3) is 0 Å². The molecule has 0 aromatic rings. The third kappa shape index (κ3) is 4.49. The third-order valence-corrected chi connectivity index (χ3v) is 15.1. The Morgan fingerprint density at radius 3 is 2.20 bits per heavy atom. The molecule has 6 aliphatic rings. The second kappa shape index (κ2) is 10.8. The van der Waals surface area contributed by atoms with Crippen molar-refractivity contribution >= 4 is 18.2 Å². The zero-order valence-corrected chi connectivity index (χ0v) is 28.2. The van der Waals surface area contributed by atoms with Crippen LogP contribution < -0.4 is 0 Å². The SMILES string of the molecule is CC1(C)CC[C@]2(C(=O)O)CC[C@]3(C)C(=CC[C@@H]4[C@@]5(C)CC[C@H](OC(=O)[C@H]6O[C@@H](O)[C@H](O)[C@@H](O)[C@@H]6O)[C@@](C)(C=O)[C@@H]5CC[C@]43C)[C@@H]2C1. The van der Waals surface area contributed by atoms with Gasteiger partial charge in [-0.25, -0.2) is 4.79 Å². The molecule has 1 saturated heterocycles. The molecule has 0 radical (unpaired) electrons. The van der Waals surface area contributed by atoms with Crippen molar-refractivity contribution in [3.8, 4) is 0 Å². The average Bonchev–Trinajstić information content (AvgIpc) is 2.99. The van der Waals surface area contributed by atoms with E-state index >= 15 is 0 Å². The number of aliphatic hydroxyl groups is 4. The fourth-order valence-corrected chi connectivity index (χ4v) is 11.9. The van der Waals surface area contributed by atoms with Crippen LogP contribution >= 0.6 is 0 Å². The van der Waals surface area contributed by atoms with E-state index in [9.17, 15) is 39.9 Å². The molecular formula is C36H54O10. The molecule has 14 atom stereocenters. The van der Waals surface area contributed by atoms with Crippen LogP contribution in [-0.4, -0.2) is 80.6 Å². The second-order valence-electron chi connectivity index (χ2n) is 17.5. The molecule has 0 bridgehead atoms. The number of carboxylic acid groups (broad SMARTS) is 1. The molecule has 0 unspecified atom stereocenters.